The Bertz CT molecular complexity index is 1230. The van der Waals surface area contributed by atoms with E-state index in [1.165, 1.54) is 10.9 Å². The van der Waals surface area contributed by atoms with Gasteiger partial charge in [0.25, 0.3) is 5.89 Å². The average Bonchev–Trinajstić information content (AvgIpc) is 3.59. The monoisotopic (exact) mass is 446 g/mol. The van der Waals surface area contributed by atoms with Crippen LogP contribution in [0.4, 0.5) is 0 Å². The molecule has 2 aromatic carbocycles. The molecule has 0 bridgehead atoms. The summed E-state index contributed by atoms with van der Waals surface area (Å²) in [4.78, 5) is 22.2. The van der Waals surface area contributed by atoms with E-state index in [-0.39, 0.29) is 18.6 Å². The molecule has 3 heterocycles. The van der Waals surface area contributed by atoms with Crippen molar-refractivity contribution in [1.82, 2.24) is 20.0 Å². The number of carbonyl (C=O) groups excluding carboxylic acids is 1. The molecule has 1 fully saturated rings. The Hall–Kier alpha value is -3.65. The van der Waals surface area contributed by atoms with Gasteiger partial charge in [0.05, 0.1) is 6.54 Å². The Kier molecular flexibility index (Phi) is 6.08. The molecule has 0 radical (unpaired) electrons. The van der Waals surface area contributed by atoms with Gasteiger partial charge in [-0.1, -0.05) is 23.4 Å². The Morgan fingerprint density at radius 3 is 2.91 bits per heavy atom. The summed E-state index contributed by atoms with van der Waals surface area (Å²) in [5.74, 6) is 1.89. The minimum absolute atomic E-state index is 0.00799. The lowest BCUT2D eigenvalue weighted by atomic mass is 10.1. The second-order valence-electron chi connectivity index (χ2n) is 8.20. The van der Waals surface area contributed by atoms with Crippen LogP contribution < -0.4 is 4.74 Å². The molecule has 1 amide bonds. The van der Waals surface area contributed by atoms with Gasteiger partial charge in [0.2, 0.25) is 11.7 Å². The number of ether oxygens (including phenoxy) is 2. The molecule has 4 aromatic rings. The van der Waals surface area contributed by atoms with Gasteiger partial charge in [-0.05, 0) is 42.3 Å². The van der Waals surface area contributed by atoms with Gasteiger partial charge >= 0.3 is 0 Å². The fourth-order valence-electron chi connectivity index (χ4n) is 4.22. The summed E-state index contributed by atoms with van der Waals surface area (Å²) in [5, 5.41) is 5.15. The maximum Gasteiger partial charge on any atom is 0.252 e. The number of methoxy groups -OCH3 is 1. The van der Waals surface area contributed by atoms with E-state index in [0.29, 0.717) is 24.7 Å². The maximum absolute atomic E-state index is 12.8. The second-order valence-corrected chi connectivity index (χ2v) is 8.20. The van der Waals surface area contributed by atoms with Crippen LogP contribution in [0.25, 0.3) is 22.3 Å². The van der Waals surface area contributed by atoms with Crippen LogP contribution >= 0.6 is 0 Å². The van der Waals surface area contributed by atoms with Crippen molar-refractivity contribution in [2.75, 3.05) is 20.2 Å². The van der Waals surface area contributed by atoms with Crippen LogP contribution in [0, 0.1) is 0 Å². The lowest BCUT2D eigenvalue weighted by Crippen LogP contribution is -2.31. The van der Waals surface area contributed by atoms with Gasteiger partial charge in [-0.2, -0.15) is 4.98 Å². The molecular weight excluding hydrogens is 420 g/mol. The Labute approximate surface area is 191 Å². The minimum atomic E-state index is -0.00799. The zero-order valence-corrected chi connectivity index (χ0v) is 18.5. The smallest absolute Gasteiger partial charge is 0.252 e. The quantitative estimate of drug-likeness (QED) is 0.440. The Morgan fingerprint density at radius 2 is 2.06 bits per heavy atom. The van der Waals surface area contributed by atoms with Crippen LogP contribution in [0.2, 0.25) is 0 Å². The topological polar surface area (TPSA) is 93.5 Å². The summed E-state index contributed by atoms with van der Waals surface area (Å²) in [5.41, 5.74) is 3.13. The zero-order valence-electron chi connectivity index (χ0n) is 18.5. The van der Waals surface area contributed by atoms with E-state index in [4.69, 9.17) is 14.0 Å². The number of aromatic nitrogens is 3. The molecule has 1 N–H and O–H groups in total. The average molecular weight is 447 g/mol. The minimum Gasteiger partial charge on any atom is -0.489 e. The normalized spacial score (nSPS) is 15.9. The van der Waals surface area contributed by atoms with Crippen LogP contribution in [0.5, 0.6) is 5.75 Å². The highest BCUT2D eigenvalue weighted by Gasteiger charge is 2.27. The molecule has 1 aliphatic heterocycles. The van der Waals surface area contributed by atoms with E-state index >= 15 is 0 Å². The summed E-state index contributed by atoms with van der Waals surface area (Å²) in [6.07, 6.45) is 4.05. The predicted octanol–water partition coefficient (Wildman–Crippen LogP) is 3.98. The first-order valence-corrected chi connectivity index (χ1v) is 11.1. The summed E-state index contributed by atoms with van der Waals surface area (Å²) < 4.78 is 16.3. The van der Waals surface area contributed by atoms with Crippen molar-refractivity contribution in [2.24, 2.45) is 0 Å². The molecule has 33 heavy (non-hydrogen) atoms. The van der Waals surface area contributed by atoms with E-state index < -0.39 is 0 Å². The number of rotatable bonds is 8. The fraction of sp³-hybridized carbons (Fsp3) is 0.320. The molecule has 8 nitrogen and oxygen atoms in total. The van der Waals surface area contributed by atoms with Crippen LogP contribution in [0.15, 0.2) is 59.3 Å². The third kappa shape index (κ3) is 4.75. The fourth-order valence-corrected chi connectivity index (χ4v) is 4.22. The van der Waals surface area contributed by atoms with Crippen molar-refractivity contribution < 1.29 is 18.8 Å². The molecule has 8 heteroatoms. The third-order valence-corrected chi connectivity index (χ3v) is 5.93. The van der Waals surface area contributed by atoms with Crippen LogP contribution in [0.3, 0.4) is 0 Å². The van der Waals surface area contributed by atoms with Gasteiger partial charge in [-0.15, -0.1) is 0 Å². The molecule has 0 aliphatic carbocycles. The summed E-state index contributed by atoms with van der Waals surface area (Å²) in [6.45, 7) is 1.62. The van der Waals surface area contributed by atoms with Crippen molar-refractivity contribution in [2.45, 2.75) is 32.0 Å². The van der Waals surface area contributed by atoms with E-state index in [2.05, 4.69) is 27.3 Å². The molecule has 0 spiro atoms. The standard InChI is InChI=1S/C25H26N4O4/c1-31-16-23-27-25(28-33-23)17-6-9-19(10-7-17)32-20-12-13-29(15-20)24(30)11-8-18-14-26-22-5-3-2-4-21(18)22/h2-7,9-10,14,20,26H,8,11-13,15-16H2,1H3. The lowest BCUT2D eigenvalue weighted by molar-refractivity contribution is -0.130. The van der Waals surface area contributed by atoms with Crippen LogP contribution in [-0.4, -0.2) is 52.2 Å². The molecule has 2 aromatic heterocycles. The van der Waals surface area contributed by atoms with E-state index in [1.807, 2.05) is 47.5 Å². The van der Waals surface area contributed by atoms with Crippen LogP contribution in [0.1, 0.15) is 24.3 Å². The number of aromatic amines is 1. The van der Waals surface area contributed by atoms with Gasteiger partial charge in [0, 0.05) is 49.2 Å². The highest BCUT2D eigenvalue weighted by atomic mass is 16.5. The Balaban J connectivity index is 1.13. The number of H-pyrrole nitrogens is 1. The van der Waals surface area contributed by atoms with E-state index in [1.54, 1.807) is 7.11 Å². The first-order valence-electron chi connectivity index (χ1n) is 11.1. The van der Waals surface area contributed by atoms with Gasteiger partial charge in [0.1, 0.15) is 18.5 Å². The largest absolute Gasteiger partial charge is 0.489 e. The first kappa shape index (κ1) is 21.2. The highest BCUT2D eigenvalue weighted by molar-refractivity contribution is 5.84. The Morgan fingerprint density at radius 1 is 1.21 bits per heavy atom. The third-order valence-electron chi connectivity index (χ3n) is 5.93. The number of amides is 1. The van der Waals surface area contributed by atoms with Crippen molar-refractivity contribution >= 4 is 16.8 Å². The summed E-state index contributed by atoms with van der Waals surface area (Å²) in [7, 11) is 1.58. The highest BCUT2D eigenvalue weighted by Crippen LogP contribution is 2.24. The van der Waals surface area contributed by atoms with Gasteiger partial charge in [-0.3, -0.25) is 4.79 Å². The van der Waals surface area contributed by atoms with Crippen molar-refractivity contribution in [3.05, 3.63) is 66.2 Å². The number of fused-ring (bicyclic) bond motifs is 1. The van der Waals surface area contributed by atoms with Gasteiger partial charge < -0.3 is 23.9 Å². The van der Waals surface area contributed by atoms with Gasteiger partial charge in [-0.25, -0.2) is 0 Å². The number of hydrogen-bond acceptors (Lipinski definition) is 6. The maximum atomic E-state index is 12.8. The molecule has 170 valence electrons. The number of hydrogen-bond donors (Lipinski definition) is 1. The molecule has 1 unspecified atom stereocenters. The number of carbonyl (C=O) groups is 1. The van der Waals surface area contributed by atoms with Gasteiger partial charge in [0.15, 0.2) is 0 Å². The summed E-state index contributed by atoms with van der Waals surface area (Å²) >= 11 is 0. The van der Waals surface area contributed by atoms with E-state index in [9.17, 15) is 4.79 Å². The van der Waals surface area contributed by atoms with Crippen molar-refractivity contribution in [1.29, 1.82) is 0 Å². The number of nitrogens with zero attached hydrogens (tertiary/aromatic N) is 3. The van der Waals surface area contributed by atoms with E-state index in [0.717, 1.165) is 36.2 Å². The molecule has 1 atom stereocenters. The van der Waals surface area contributed by atoms with Crippen molar-refractivity contribution in [3.63, 3.8) is 0 Å². The van der Waals surface area contributed by atoms with Crippen molar-refractivity contribution in [3.8, 4) is 17.1 Å². The number of likely N-dealkylation sites (tertiary alicyclic amines) is 1. The lowest BCUT2D eigenvalue weighted by Gasteiger charge is -2.17. The molecule has 5 rings (SSSR count). The number of para-hydroxylation sites is 1. The second kappa shape index (κ2) is 9.46. The SMILES string of the molecule is COCc1nc(-c2ccc(OC3CCN(C(=O)CCc4c[nH]c5ccccc45)C3)cc2)no1. The molecule has 1 aliphatic rings. The number of nitrogens with one attached hydrogen (secondary N) is 1. The molecule has 1 saturated heterocycles. The predicted molar refractivity (Wildman–Crippen MR) is 123 cm³/mol. The first-order chi connectivity index (χ1) is 16.2. The molecule has 0 saturated carbocycles. The zero-order chi connectivity index (χ0) is 22.6. The summed E-state index contributed by atoms with van der Waals surface area (Å²) in [6, 6.07) is 15.8. The molecular formula is C25H26N4O4. The van der Waals surface area contributed by atoms with Crippen LogP contribution in [-0.2, 0) is 22.6 Å². The number of benzene rings is 2. The number of aryl methyl sites for hydroxylation is 1.